The molecule has 2 aromatic rings. The summed E-state index contributed by atoms with van der Waals surface area (Å²) < 4.78 is 31.6. The molecule has 2 rings (SSSR count). The molecule has 0 saturated carbocycles. The molecule has 86 valence electrons. The lowest BCUT2D eigenvalue weighted by atomic mass is 10.0. The van der Waals surface area contributed by atoms with E-state index >= 15 is 0 Å². The third-order valence-electron chi connectivity index (χ3n) is 2.60. The number of furan rings is 1. The summed E-state index contributed by atoms with van der Waals surface area (Å²) in [6.07, 6.45) is 0. The number of hydrogen-bond donors (Lipinski definition) is 1. The van der Waals surface area contributed by atoms with Crippen molar-refractivity contribution in [2.75, 3.05) is 0 Å². The van der Waals surface area contributed by atoms with Gasteiger partial charge in [-0.1, -0.05) is 13.8 Å². The van der Waals surface area contributed by atoms with Gasteiger partial charge in [0, 0.05) is 11.5 Å². The number of nitrogens with two attached hydrogens (primary N) is 1. The van der Waals surface area contributed by atoms with Crippen LogP contribution < -0.4 is 5.73 Å². The molecule has 1 atom stereocenters. The maximum atomic E-state index is 13.4. The molecule has 0 amide bonds. The third-order valence-corrected chi connectivity index (χ3v) is 2.60. The van der Waals surface area contributed by atoms with E-state index < -0.39 is 11.6 Å². The molecule has 0 aliphatic carbocycles. The Hall–Kier alpha value is -1.42. The molecule has 0 unspecified atom stereocenters. The fourth-order valence-corrected chi connectivity index (χ4v) is 1.59. The van der Waals surface area contributed by atoms with Crippen LogP contribution in [0, 0.1) is 17.6 Å². The van der Waals surface area contributed by atoms with E-state index in [-0.39, 0.29) is 17.5 Å². The minimum Gasteiger partial charge on any atom is -0.456 e. The van der Waals surface area contributed by atoms with Crippen LogP contribution >= 0.6 is 0 Å². The Labute approximate surface area is 92.0 Å². The van der Waals surface area contributed by atoms with Gasteiger partial charge >= 0.3 is 0 Å². The highest BCUT2D eigenvalue weighted by Crippen LogP contribution is 2.28. The van der Waals surface area contributed by atoms with Gasteiger partial charge < -0.3 is 10.2 Å². The van der Waals surface area contributed by atoms with E-state index in [1.165, 1.54) is 6.07 Å². The first-order valence-electron chi connectivity index (χ1n) is 5.13. The van der Waals surface area contributed by atoms with Gasteiger partial charge in [-0.15, -0.1) is 0 Å². The zero-order valence-electron chi connectivity index (χ0n) is 9.13. The molecule has 0 spiro atoms. The van der Waals surface area contributed by atoms with Crippen LogP contribution in [0.1, 0.15) is 25.6 Å². The molecule has 0 bridgehead atoms. The van der Waals surface area contributed by atoms with Crippen molar-refractivity contribution in [3.63, 3.8) is 0 Å². The Bertz CT molecular complexity index is 519. The molecule has 1 aromatic carbocycles. The molecule has 0 saturated heterocycles. The van der Waals surface area contributed by atoms with Crippen molar-refractivity contribution in [1.29, 1.82) is 0 Å². The SMILES string of the molecule is CC(C)[C@H](N)c1cc2cc(F)cc(F)c2o1. The van der Waals surface area contributed by atoms with Crippen molar-refractivity contribution < 1.29 is 13.2 Å². The zero-order chi connectivity index (χ0) is 11.9. The topological polar surface area (TPSA) is 39.2 Å². The van der Waals surface area contributed by atoms with E-state index in [0.29, 0.717) is 11.1 Å². The minimum atomic E-state index is -0.697. The lowest BCUT2D eigenvalue weighted by molar-refractivity contribution is 0.412. The summed E-state index contributed by atoms with van der Waals surface area (Å²) in [4.78, 5) is 0. The van der Waals surface area contributed by atoms with Crippen molar-refractivity contribution in [1.82, 2.24) is 0 Å². The van der Waals surface area contributed by atoms with Crippen LogP contribution in [0.15, 0.2) is 22.6 Å². The Balaban J connectivity index is 2.56. The van der Waals surface area contributed by atoms with Crippen molar-refractivity contribution in [2.24, 2.45) is 11.7 Å². The lowest BCUT2D eigenvalue weighted by Gasteiger charge is -2.11. The van der Waals surface area contributed by atoms with Gasteiger partial charge in [-0.3, -0.25) is 0 Å². The summed E-state index contributed by atoms with van der Waals surface area (Å²) in [7, 11) is 0. The van der Waals surface area contributed by atoms with Gasteiger partial charge in [-0.25, -0.2) is 8.78 Å². The quantitative estimate of drug-likeness (QED) is 0.851. The van der Waals surface area contributed by atoms with Gasteiger partial charge in [-0.2, -0.15) is 0 Å². The summed E-state index contributed by atoms with van der Waals surface area (Å²) >= 11 is 0. The molecule has 16 heavy (non-hydrogen) atoms. The van der Waals surface area contributed by atoms with Gasteiger partial charge in [0.25, 0.3) is 0 Å². The number of halogens is 2. The second-order valence-corrected chi connectivity index (χ2v) is 4.22. The first kappa shape index (κ1) is 11.1. The Morgan fingerprint density at radius 2 is 1.88 bits per heavy atom. The average Bonchev–Trinajstić information content (AvgIpc) is 2.60. The standard InChI is InChI=1S/C12H13F2NO/c1-6(2)11(15)10-4-7-3-8(13)5-9(14)12(7)16-10/h3-6,11H,15H2,1-2H3/t11-/m0/s1. The van der Waals surface area contributed by atoms with Gasteiger partial charge in [0.05, 0.1) is 6.04 Å². The summed E-state index contributed by atoms with van der Waals surface area (Å²) in [5.74, 6) is -0.657. The lowest BCUT2D eigenvalue weighted by Crippen LogP contribution is -2.15. The van der Waals surface area contributed by atoms with Crippen molar-refractivity contribution in [2.45, 2.75) is 19.9 Å². The fourth-order valence-electron chi connectivity index (χ4n) is 1.59. The van der Waals surface area contributed by atoms with Gasteiger partial charge in [-0.05, 0) is 18.1 Å². The summed E-state index contributed by atoms with van der Waals surface area (Å²) in [6, 6.07) is 3.32. The molecule has 0 radical (unpaired) electrons. The number of benzene rings is 1. The highest BCUT2D eigenvalue weighted by Gasteiger charge is 2.17. The van der Waals surface area contributed by atoms with Crippen LogP contribution in [0.4, 0.5) is 8.78 Å². The van der Waals surface area contributed by atoms with Crippen LogP contribution in [-0.4, -0.2) is 0 Å². The Kier molecular flexibility index (Phi) is 2.68. The minimum absolute atomic E-state index is 0.0625. The van der Waals surface area contributed by atoms with Crippen molar-refractivity contribution >= 4 is 11.0 Å². The second kappa shape index (κ2) is 3.87. The van der Waals surface area contributed by atoms with Crippen LogP contribution in [0.2, 0.25) is 0 Å². The average molecular weight is 225 g/mol. The first-order chi connectivity index (χ1) is 7.49. The number of hydrogen-bond acceptors (Lipinski definition) is 2. The molecule has 0 fully saturated rings. The van der Waals surface area contributed by atoms with Gasteiger partial charge in [0.1, 0.15) is 11.6 Å². The Morgan fingerprint density at radius 3 is 2.50 bits per heavy atom. The normalized spacial score (nSPS) is 13.6. The van der Waals surface area contributed by atoms with E-state index in [0.717, 1.165) is 6.07 Å². The predicted octanol–water partition coefficient (Wildman–Crippen LogP) is 3.37. The zero-order valence-corrected chi connectivity index (χ0v) is 9.13. The second-order valence-electron chi connectivity index (χ2n) is 4.22. The molecule has 0 aliphatic heterocycles. The Morgan fingerprint density at radius 1 is 1.19 bits per heavy atom. The van der Waals surface area contributed by atoms with E-state index in [4.69, 9.17) is 10.2 Å². The number of fused-ring (bicyclic) bond motifs is 1. The van der Waals surface area contributed by atoms with Gasteiger partial charge in [0.2, 0.25) is 0 Å². The summed E-state index contributed by atoms with van der Waals surface area (Å²) in [6.45, 7) is 3.88. The smallest absolute Gasteiger partial charge is 0.170 e. The molecule has 4 heteroatoms. The predicted molar refractivity (Wildman–Crippen MR) is 57.9 cm³/mol. The van der Waals surface area contributed by atoms with Crippen molar-refractivity contribution in [3.05, 3.63) is 35.6 Å². The molecule has 0 aliphatic rings. The van der Waals surface area contributed by atoms with Crippen LogP contribution in [0.3, 0.4) is 0 Å². The molecule has 2 N–H and O–H groups in total. The highest BCUT2D eigenvalue weighted by molar-refractivity contribution is 5.78. The number of rotatable bonds is 2. The fraction of sp³-hybridized carbons (Fsp3) is 0.333. The highest BCUT2D eigenvalue weighted by atomic mass is 19.1. The molecule has 2 nitrogen and oxygen atoms in total. The van der Waals surface area contributed by atoms with E-state index in [2.05, 4.69) is 0 Å². The molecular weight excluding hydrogens is 212 g/mol. The maximum absolute atomic E-state index is 13.4. The van der Waals surface area contributed by atoms with E-state index in [9.17, 15) is 8.78 Å². The molecule has 1 heterocycles. The molecule has 1 aromatic heterocycles. The monoisotopic (exact) mass is 225 g/mol. The van der Waals surface area contributed by atoms with Gasteiger partial charge in [0.15, 0.2) is 11.4 Å². The summed E-state index contributed by atoms with van der Waals surface area (Å²) in [5.41, 5.74) is 5.94. The largest absolute Gasteiger partial charge is 0.456 e. The summed E-state index contributed by atoms with van der Waals surface area (Å²) in [5, 5.41) is 0.406. The molecular formula is C12H13F2NO. The van der Waals surface area contributed by atoms with Crippen LogP contribution in [0.5, 0.6) is 0 Å². The van der Waals surface area contributed by atoms with Crippen LogP contribution in [-0.2, 0) is 0 Å². The third kappa shape index (κ3) is 1.80. The first-order valence-corrected chi connectivity index (χ1v) is 5.13. The van der Waals surface area contributed by atoms with E-state index in [1.54, 1.807) is 6.07 Å². The maximum Gasteiger partial charge on any atom is 0.170 e. The van der Waals surface area contributed by atoms with E-state index in [1.807, 2.05) is 13.8 Å². The van der Waals surface area contributed by atoms with Crippen molar-refractivity contribution in [3.8, 4) is 0 Å². The van der Waals surface area contributed by atoms with Crippen LogP contribution in [0.25, 0.3) is 11.0 Å².